The molecule has 0 spiro atoms. The van der Waals surface area contributed by atoms with Gasteiger partial charge < -0.3 is 4.42 Å². The van der Waals surface area contributed by atoms with Gasteiger partial charge in [-0.3, -0.25) is 0 Å². The lowest BCUT2D eigenvalue weighted by Gasteiger charge is -2.17. The number of hydrogen-bond donors (Lipinski definition) is 0. The van der Waals surface area contributed by atoms with Crippen molar-refractivity contribution in [2.24, 2.45) is 0 Å². The van der Waals surface area contributed by atoms with E-state index in [2.05, 4.69) is 158 Å². The Balaban J connectivity index is 1.05. The quantitative estimate of drug-likeness (QED) is 0.171. The van der Waals surface area contributed by atoms with E-state index in [9.17, 15) is 0 Å². The molecule has 0 aliphatic heterocycles. The number of fused-ring (bicyclic) bond motifs is 6. The van der Waals surface area contributed by atoms with E-state index in [0.29, 0.717) is 5.82 Å². The second-order valence-corrected chi connectivity index (χ2v) is 14.8. The molecule has 0 N–H and O–H groups in total. The van der Waals surface area contributed by atoms with Crippen molar-refractivity contribution in [1.82, 2.24) is 9.97 Å². The van der Waals surface area contributed by atoms with Crippen LogP contribution in [-0.4, -0.2) is 9.97 Å². The fraction of sp³-hybridized carbons (Fsp3) is 0.0370. The van der Waals surface area contributed by atoms with Crippen LogP contribution in [0, 0.1) is 0 Å². The van der Waals surface area contributed by atoms with Gasteiger partial charge in [-0.05, 0) is 93.1 Å². The lowest BCUT2D eigenvalue weighted by molar-refractivity contribution is 0.673. The first-order valence-electron chi connectivity index (χ1n) is 19.6. The van der Waals surface area contributed by atoms with Crippen molar-refractivity contribution in [2.75, 3.05) is 0 Å². The van der Waals surface area contributed by atoms with Crippen LogP contribution in [0.15, 0.2) is 192 Å². The van der Waals surface area contributed by atoms with Gasteiger partial charge in [0.1, 0.15) is 11.2 Å². The topological polar surface area (TPSA) is 38.9 Å². The predicted octanol–water partition coefficient (Wildman–Crippen LogP) is 14.5. The molecule has 1 aliphatic carbocycles. The first kappa shape index (κ1) is 33.0. The van der Waals surface area contributed by atoms with E-state index in [-0.39, 0.29) is 0 Å². The molecule has 0 amide bonds. The van der Waals surface area contributed by atoms with E-state index in [1.165, 1.54) is 27.6 Å². The molecule has 0 atom stereocenters. The standard InChI is InChI=1S/C54H36N2O/c1-3-16-36(17-4-1)49-34-50(56-54(55-49)37-18-5-2-6-19-37)41-24-12-22-39(32-41)38-21-11-23-40(31-38)43-28-14-30-51-52(43)48-33-47(45-26-9-10-27-46(45)53(48)57-51)44-29-13-20-35-15-7-8-25-42(35)44/h1-6,8-14,16-34H,7,15H2. The highest BCUT2D eigenvalue weighted by atomic mass is 16.3. The zero-order chi connectivity index (χ0) is 37.7. The summed E-state index contributed by atoms with van der Waals surface area (Å²) >= 11 is 0. The first-order chi connectivity index (χ1) is 28.2. The summed E-state index contributed by atoms with van der Waals surface area (Å²) in [5.74, 6) is 0.708. The van der Waals surface area contributed by atoms with Gasteiger partial charge in [-0.25, -0.2) is 9.97 Å². The van der Waals surface area contributed by atoms with Crippen molar-refractivity contribution in [3.63, 3.8) is 0 Å². The Morgan fingerprint density at radius 1 is 0.421 bits per heavy atom. The molecule has 1 aliphatic rings. The monoisotopic (exact) mass is 728 g/mol. The summed E-state index contributed by atoms with van der Waals surface area (Å²) in [5, 5.41) is 4.60. The van der Waals surface area contributed by atoms with Crippen molar-refractivity contribution < 1.29 is 4.42 Å². The molecule has 2 heterocycles. The van der Waals surface area contributed by atoms with Gasteiger partial charge in [-0.15, -0.1) is 0 Å². The Labute approximate surface area is 331 Å². The highest BCUT2D eigenvalue weighted by Gasteiger charge is 2.20. The molecule has 0 radical (unpaired) electrons. The second kappa shape index (κ2) is 13.7. The lowest BCUT2D eigenvalue weighted by Crippen LogP contribution is -1.96. The third kappa shape index (κ3) is 5.84. The minimum Gasteiger partial charge on any atom is -0.455 e. The summed E-state index contributed by atoms with van der Waals surface area (Å²) in [7, 11) is 0. The van der Waals surface area contributed by atoms with E-state index >= 15 is 0 Å². The Kier molecular flexibility index (Phi) is 7.96. The number of aromatic nitrogens is 2. The second-order valence-electron chi connectivity index (χ2n) is 14.8. The molecule has 0 unspecified atom stereocenters. The van der Waals surface area contributed by atoms with Gasteiger partial charge >= 0.3 is 0 Å². The van der Waals surface area contributed by atoms with E-state index in [1.54, 1.807) is 0 Å². The first-order valence-corrected chi connectivity index (χ1v) is 19.6. The summed E-state index contributed by atoms with van der Waals surface area (Å²) in [6.07, 6.45) is 6.76. The fourth-order valence-electron chi connectivity index (χ4n) is 8.61. The van der Waals surface area contributed by atoms with E-state index in [1.807, 2.05) is 36.4 Å². The van der Waals surface area contributed by atoms with E-state index < -0.39 is 0 Å². The average molecular weight is 729 g/mol. The minimum atomic E-state index is 0.708. The number of nitrogens with zero attached hydrogens (tertiary/aromatic N) is 2. The number of rotatable bonds is 6. The zero-order valence-electron chi connectivity index (χ0n) is 31.2. The van der Waals surface area contributed by atoms with E-state index in [4.69, 9.17) is 14.4 Å². The molecule has 57 heavy (non-hydrogen) atoms. The van der Waals surface area contributed by atoms with Crippen LogP contribution < -0.4 is 0 Å². The summed E-state index contributed by atoms with van der Waals surface area (Å²) in [6.45, 7) is 0. The third-order valence-electron chi connectivity index (χ3n) is 11.3. The highest BCUT2D eigenvalue weighted by Crippen LogP contribution is 2.45. The van der Waals surface area contributed by atoms with Crippen molar-refractivity contribution in [3.05, 3.63) is 199 Å². The van der Waals surface area contributed by atoms with Gasteiger partial charge in [-0.1, -0.05) is 164 Å². The summed E-state index contributed by atoms with van der Waals surface area (Å²) in [6, 6.07) is 64.4. The molecule has 3 nitrogen and oxygen atoms in total. The maximum Gasteiger partial charge on any atom is 0.160 e. The van der Waals surface area contributed by atoms with Crippen molar-refractivity contribution >= 4 is 38.8 Å². The molecular weight excluding hydrogens is 693 g/mol. The molecule has 2 aromatic heterocycles. The minimum absolute atomic E-state index is 0.708. The van der Waals surface area contributed by atoms with E-state index in [0.717, 1.165) is 90.5 Å². The number of benzene rings is 8. The Morgan fingerprint density at radius 2 is 1.04 bits per heavy atom. The molecule has 0 saturated heterocycles. The lowest BCUT2D eigenvalue weighted by atomic mass is 9.87. The molecule has 8 aromatic carbocycles. The molecule has 0 bridgehead atoms. The molecule has 11 rings (SSSR count). The van der Waals surface area contributed by atoms with Crippen LogP contribution in [0.1, 0.15) is 17.5 Å². The van der Waals surface area contributed by atoms with Crippen LogP contribution in [-0.2, 0) is 6.42 Å². The summed E-state index contributed by atoms with van der Waals surface area (Å²) < 4.78 is 6.77. The number of hydrogen-bond acceptors (Lipinski definition) is 3. The van der Waals surface area contributed by atoms with Crippen LogP contribution in [0.25, 0.3) is 106 Å². The van der Waals surface area contributed by atoms with Crippen molar-refractivity contribution in [3.8, 4) is 67.3 Å². The molecular formula is C54H36N2O. The molecule has 3 heteroatoms. The van der Waals surface area contributed by atoms with Crippen LogP contribution in [0.2, 0.25) is 0 Å². The molecule has 0 fully saturated rings. The van der Waals surface area contributed by atoms with Crippen LogP contribution in [0.3, 0.4) is 0 Å². The SMILES string of the molecule is C1=Cc2c(cccc2-c2cc3c(oc4cccc(-c5cccc(-c6cccc(-c7cc(-c8ccccc8)nc(-c8ccccc8)n7)c6)c5)c43)c3ccccc23)CC1. The van der Waals surface area contributed by atoms with Gasteiger partial charge in [0.15, 0.2) is 5.82 Å². The Hall–Kier alpha value is -7.36. The maximum absolute atomic E-state index is 6.77. The largest absolute Gasteiger partial charge is 0.455 e. The normalized spacial score (nSPS) is 12.4. The molecule has 0 saturated carbocycles. The van der Waals surface area contributed by atoms with Gasteiger partial charge in [-0.2, -0.15) is 0 Å². The average Bonchev–Trinajstić information content (AvgIpc) is 3.68. The zero-order valence-corrected chi connectivity index (χ0v) is 31.2. The summed E-state index contributed by atoms with van der Waals surface area (Å²) in [5.41, 5.74) is 16.5. The maximum atomic E-state index is 6.77. The summed E-state index contributed by atoms with van der Waals surface area (Å²) in [4.78, 5) is 10.1. The molecule has 268 valence electrons. The van der Waals surface area contributed by atoms with Crippen LogP contribution in [0.5, 0.6) is 0 Å². The number of furan rings is 1. The highest BCUT2D eigenvalue weighted by molar-refractivity contribution is 6.22. The van der Waals surface area contributed by atoms with Crippen LogP contribution in [0.4, 0.5) is 0 Å². The smallest absolute Gasteiger partial charge is 0.160 e. The number of allylic oxidation sites excluding steroid dienone is 1. The fourth-order valence-corrected chi connectivity index (χ4v) is 8.61. The van der Waals surface area contributed by atoms with Gasteiger partial charge in [0.25, 0.3) is 0 Å². The van der Waals surface area contributed by atoms with Gasteiger partial charge in [0.05, 0.1) is 11.4 Å². The van der Waals surface area contributed by atoms with Crippen molar-refractivity contribution in [2.45, 2.75) is 12.8 Å². The van der Waals surface area contributed by atoms with Crippen molar-refractivity contribution in [1.29, 1.82) is 0 Å². The third-order valence-corrected chi connectivity index (χ3v) is 11.3. The Bertz CT molecular complexity index is 3120. The Morgan fingerprint density at radius 3 is 1.84 bits per heavy atom. The van der Waals surface area contributed by atoms with Gasteiger partial charge in [0.2, 0.25) is 0 Å². The van der Waals surface area contributed by atoms with Crippen LogP contribution >= 0.6 is 0 Å². The van der Waals surface area contributed by atoms with Gasteiger partial charge in [0, 0.05) is 32.8 Å². The predicted molar refractivity (Wildman–Crippen MR) is 237 cm³/mol. The molecule has 10 aromatic rings. The number of aryl methyl sites for hydroxylation is 1.